The molecule has 0 aromatic carbocycles. The van der Waals surface area contributed by atoms with Crippen LogP contribution in [-0.2, 0) is 4.79 Å². The first-order chi connectivity index (χ1) is 7.74. The fourth-order valence-electron chi connectivity index (χ4n) is 2.42. The highest BCUT2D eigenvalue weighted by atomic mass is 16.1. The maximum Gasteiger partial charge on any atom is 0.149 e. The van der Waals surface area contributed by atoms with Gasteiger partial charge in [0.05, 0.1) is 6.54 Å². The molecule has 0 amide bonds. The monoisotopic (exact) mass is 226 g/mol. The Balaban J connectivity index is 2.16. The number of carbonyl (C=O) groups excluding carboxylic acids is 1. The van der Waals surface area contributed by atoms with Gasteiger partial charge in [0.25, 0.3) is 0 Å². The summed E-state index contributed by atoms with van der Waals surface area (Å²) in [6.45, 7) is 2.69. The third kappa shape index (κ3) is 5.08. The number of Topliss-reactive ketones (excluding diaryl/α,β-unsaturated/α-hetero) is 1. The number of hydrogen-bond donors (Lipinski definition) is 1. The Morgan fingerprint density at radius 3 is 2.62 bits per heavy atom. The van der Waals surface area contributed by atoms with Crippen LogP contribution < -0.4 is 5.32 Å². The molecule has 0 atom stereocenters. The molecule has 0 aromatic rings. The van der Waals surface area contributed by atoms with Crippen LogP contribution in [0.2, 0.25) is 0 Å². The molecule has 1 rings (SSSR count). The predicted octanol–water partition coefficient (Wildman–Crippen LogP) is 1.68. The van der Waals surface area contributed by atoms with Crippen LogP contribution in [0.4, 0.5) is 0 Å². The van der Waals surface area contributed by atoms with Crippen LogP contribution in [0, 0.1) is 5.92 Å². The molecule has 1 N–H and O–H groups in total. The third-order valence-electron chi connectivity index (χ3n) is 3.45. The summed E-state index contributed by atoms with van der Waals surface area (Å²) in [6, 6.07) is 0. The zero-order chi connectivity index (χ0) is 11.8. The number of nitrogens with one attached hydrogen (secondary N) is 1. The van der Waals surface area contributed by atoms with Crippen LogP contribution in [0.25, 0.3) is 0 Å². The second-order valence-electron chi connectivity index (χ2n) is 5.00. The van der Waals surface area contributed by atoms with Crippen LogP contribution >= 0.6 is 0 Å². The predicted molar refractivity (Wildman–Crippen MR) is 67.6 cm³/mol. The van der Waals surface area contributed by atoms with Gasteiger partial charge < -0.3 is 5.32 Å². The molecular formula is C13H26N2O. The highest BCUT2D eigenvalue weighted by Crippen LogP contribution is 2.24. The van der Waals surface area contributed by atoms with E-state index in [1.807, 2.05) is 7.05 Å². The molecule has 0 radical (unpaired) electrons. The highest BCUT2D eigenvalue weighted by molar-refractivity contribution is 5.82. The van der Waals surface area contributed by atoms with Crippen molar-refractivity contribution >= 4 is 5.78 Å². The van der Waals surface area contributed by atoms with Crippen molar-refractivity contribution in [2.45, 2.75) is 38.5 Å². The Hall–Kier alpha value is -0.410. The molecule has 3 nitrogen and oxygen atoms in total. The maximum absolute atomic E-state index is 12.0. The minimum atomic E-state index is 0.362. The smallest absolute Gasteiger partial charge is 0.149 e. The fourth-order valence-corrected chi connectivity index (χ4v) is 2.42. The minimum absolute atomic E-state index is 0.362. The Morgan fingerprint density at radius 2 is 2.00 bits per heavy atom. The lowest BCUT2D eigenvalue weighted by Gasteiger charge is -2.23. The van der Waals surface area contributed by atoms with Crippen molar-refractivity contribution in [2.75, 3.05) is 33.7 Å². The van der Waals surface area contributed by atoms with Crippen molar-refractivity contribution in [1.82, 2.24) is 10.2 Å². The van der Waals surface area contributed by atoms with Crippen LogP contribution in [0.5, 0.6) is 0 Å². The van der Waals surface area contributed by atoms with E-state index in [-0.39, 0.29) is 0 Å². The number of rotatable bonds is 7. The van der Waals surface area contributed by atoms with E-state index in [0.717, 1.165) is 32.4 Å². The van der Waals surface area contributed by atoms with Gasteiger partial charge in [-0.25, -0.2) is 0 Å². The van der Waals surface area contributed by atoms with Gasteiger partial charge in [-0.2, -0.15) is 0 Å². The van der Waals surface area contributed by atoms with Gasteiger partial charge in [0.1, 0.15) is 5.78 Å². The lowest BCUT2D eigenvalue weighted by molar-refractivity contribution is -0.124. The SMILES string of the molecule is CNCCCN(C)CC(=O)C1CCCCC1. The first kappa shape index (κ1) is 13.7. The van der Waals surface area contributed by atoms with E-state index in [0.29, 0.717) is 18.2 Å². The normalized spacial score (nSPS) is 17.9. The Kier molecular flexibility index (Phi) is 6.65. The summed E-state index contributed by atoms with van der Waals surface area (Å²) in [5, 5.41) is 3.13. The zero-order valence-electron chi connectivity index (χ0n) is 10.8. The van der Waals surface area contributed by atoms with Gasteiger partial charge >= 0.3 is 0 Å². The molecule has 0 heterocycles. The number of nitrogens with zero attached hydrogens (tertiary/aromatic N) is 1. The lowest BCUT2D eigenvalue weighted by Crippen LogP contribution is -2.32. The second-order valence-corrected chi connectivity index (χ2v) is 5.00. The Labute approximate surface area is 99.6 Å². The van der Waals surface area contributed by atoms with Gasteiger partial charge in [-0.15, -0.1) is 0 Å². The van der Waals surface area contributed by atoms with Gasteiger partial charge in [0, 0.05) is 5.92 Å². The molecule has 1 saturated carbocycles. The van der Waals surface area contributed by atoms with Gasteiger partial charge in [0.15, 0.2) is 0 Å². The molecule has 94 valence electrons. The summed E-state index contributed by atoms with van der Waals surface area (Å²) in [5.41, 5.74) is 0. The summed E-state index contributed by atoms with van der Waals surface area (Å²) in [5.74, 6) is 0.826. The van der Waals surface area contributed by atoms with Crippen molar-refractivity contribution in [1.29, 1.82) is 0 Å². The lowest BCUT2D eigenvalue weighted by atomic mass is 9.86. The molecular weight excluding hydrogens is 200 g/mol. The summed E-state index contributed by atoms with van der Waals surface area (Å²) >= 11 is 0. The average Bonchev–Trinajstić information content (AvgIpc) is 2.30. The number of carbonyl (C=O) groups is 1. The van der Waals surface area contributed by atoms with Crippen molar-refractivity contribution in [3.63, 3.8) is 0 Å². The summed E-state index contributed by atoms with van der Waals surface area (Å²) < 4.78 is 0. The van der Waals surface area contributed by atoms with Crippen molar-refractivity contribution in [2.24, 2.45) is 5.92 Å². The average molecular weight is 226 g/mol. The Bertz CT molecular complexity index is 200. The van der Waals surface area contributed by atoms with Crippen LogP contribution in [-0.4, -0.2) is 44.4 Å². The first-order valence-electron chi connectivity index (χ1n) is 6.60. The number of ketones is 1. The van der Waals surface area contributed by atoms with E-state index in [9.17, 15) is 4.79 Å². The zero-order valence-corrected chi connectivity index (χ0v) is 10.8. The molecule has 0 aromatic heterocycles. The molecule has 0 bridgehead atoms. The molecule has 1 aliphatic rings. The summed E-state index contributed by atoms with van der Waals surface area (Å²) in [7, 11) is 4.02. The van der Waals surface area contributed by atoms with Crippen LogP contribution in [0.1, 0.15) is 38.5 Å². The molecule has 0 aliphatic heterocycles. The first-order valence-corrected chi connectivity index (χ1v) is 6.60. The number of likely N-dealkylation sites (N-methyl/N-ethyl adjacent to an activating group) is 1. The van der Waals surface area contributed by atoms with E-state index in [4.69, 9.17) is 0 Å². The molecule has 1 fully saturated rings. The van der Waals surface area contributed by atoms with Crippen molar-refractivity contribution in [3.8, 4) is 0 Å². The van der Waals surface area contributed by atoms with E-state index in [1.54, 1.807) is 0 Å². The molecule has 0 saturated heterocycles. The Morgan fingerprint density at radius 1 is 1.31 bits per heavy atom. The fraction of sp³-hybridized carbons (Fsp3) is 0.923. The molecule has 3 heteroatoms. The highest BCUT2D eigenvalue weighted by Gasteiger charge is 2.21. The van der Waals surface area contributed by atoms with Gasteiger partial charge in [-0.3, -0.25) is 9.69 Å². The largest absolute Gasteiger partial charge is 0.320 e. The summed E-state index contributed by atoms with van der Waals surface area (Å²) in [4.78, 5) is 14.1. The maximum atomic E-state index is 12.0. The van der Waals surface area contributed by atoms with Crippen LogP contribution in [0.3, 0.4) is 0 Å². The van der Waals surface area contributed by atoms with Crippen molar-refractivity contribution in [3.05, 3.63) is 0 Å². The van der Waals surface area contributed by atoms with E-state index in [2.05, 4.69) is 17.3 Å². The molecule has 0 spiro atoms. The van der Waals surface area contributed by atoms with E-state index in [1.165, 1.54) is 19.3 Å². The minimum Gasteiger partial charge on any atom is -0.320 e. The van der Waals surface area contributed by atoms with E-state index >= 15 is 0 Å². The molecule has 16 heavy (non-hydrogen) atoms. The van der Waals surface area contributed by atoms with E-state index < -0.39 is 0 Å². The van der Waals surface area contributed by atoms with Gasteiger partial charge in [0.2, 0.25) is 0 Å². The quantitative estimate of drug-likeness (QED) is 0.670. The van der Waals surface area contributed by atoms with Gasteiger partial charge in [-0.1, -0.05) is 19.3 Å². The standard InChI is InChI=1S/C13H26N2O/c1-14-9-6-10-15(2)11-13(16)12-7-4-3-5-8-12/h12,14H,3-11H2,1-2H3. The molecule has 0 unspecified atom stereocenters. The third-order valence-corrected chi connectivity index (χ3v) is 3.45. The van der Waals surface area contributed by atoms with Crippen molar-refractivity contribution < 1.29 is 4.79 Å². The molecule has 1 aliphatic carbocycles. The summed E-state index contributed by atoms with van der Waals surface area (Å²) in [6.07, 6.45) is 7.19. The van der Waals surface area contributed by atoms with Gasteiger partial charge in [-0.05, 0) is 46.4 Å². The van der Waals surface area contributed by atoms with Crippen LogP contribution in [0.15, 0.2) is 0 Å². The second kappa shape index (κ2) is 7.80. The topological polar surface area (TPSA) is 32.3 Å². The number of hydrogen-bond acceptors (Lipinski definition) is 3.